The fraction of sp³-hybridized carbons (Fsp3) is 0.545. The van der Waals surface area contributed by atoms with E-state index < -0.39 is 30.2 Å². The Balaban J connectivity index is 1.93. The van der Waals surface area contributed by atoms with Gasteiger partial charge in [0, 0.05) is 12.3 Å². The molecule has 8 nitrogen and oxygen atoms in total. The second-order valence-electron chi connectivity index (χ2n) is 4.73. The van der Waals surface area contributed by atoms with E-state index in [4.69, 9.17) is 5.11 Å². The quantitative estimate of drug-likeness (QED) is 0.406. The van der Waals surface area contributed by atoms with Crippen LogP contribution in [0.4, 0.5) is 5.69 Å². The summed E-state index contributed by atoms with van der Waals surface area (Å²) in [5.41, 5.74) is 0.352. The second kappa shape index (κ2) is 4.49. The molecular formula is C11H14N4O4. The molecule has 1 fully saturated rings. The Bertz CT molecular complexity index is 572. The average Bonchev–Trinajstić information content (AvgIpc) is 2.94. The van der Waals surface area contributed by atoms with E-state index in [1.54, 1.807) is 0 Å². The maximum Gasteiger partial charge on any atom is 0.276 e. The summed E-state index contributed by atoms with van der Waals surface area (Å²) in [6.07, 6.45) is 0.694. The number of aliphatic imine (C=N–C) groups is 1. The van der Waals surface area contributed by atoms with Crippen LogP contribution in [0.2, 0.25) is 0 Å². The van der Waals surface area contributed by atoms with Crippen molar-refractivity contribution in [1.29, 1.82) is 0 Å². The summed E-state index contributed by atoms with van der Waals surface area (Å²) < 4.78 is 0. The third-order valence-electron chi connectivity index (χ3n) is 3.66. The van der Waals surface area contributed by atoms with Gasteiger partial charge in [-0.2, -0.15) is 0 Å². The zero-order chi connectivity index (χ0) is 13.6. The van der Waals surface area contributed by atoms with E-state index in [1.165, 1.54) is 12.5 Å². The Hall–Kier alpha value is -1.61. The summed E-state index contributed by atoms with van der Waals surface area (Å²) >= 11 is 0. The molecule has 1 aromatic rings. The molecule has 5 atom stereocenters. The molecule has 19 heavy (non-hydrogen) atoms. The lowest BCUT2D eigenvalue weighted by atomic mass is 9.94. The first-order valence-corrected chi connectivity index (χ1v) is 5.98. The number of nitrogens with one attached hydrogen (secondary N) is 2. The summed E-state index contributed by atoms with van der Waals surface area (Å²) in [5, 5.41) is 31.9. The van der Waals surface area contributed by atoms with Crippen LogP contribution in [-0.4, -0.2) is 62.4 Å². The highest BCUT2D eigenvalue weighted by Gasteiger charge is 2.46. The van der Waals surface area contributed by atoms with Crippen LogP contribution in [0.3, 0.4) is 0 Å². The molecule has 0 amide bonds. The average molecular weight is 266 g/mol. The van der Waals surface area contributed by atoms with Crippen LogP contribution >= 0.6 is 0 Å². The molecular weight excluding hydrogens is 252 g/mol. The number of aliphatic hydroxyl groups excluding tert-OH is 3. The summed E-state index contributed by atoms with van der Waals surface area (Å²) in [4.78, 5) is 22.1. The first-order valence-electron chi connectivity index (χ1n) is 5.98. The number of fused-ring (bicyclic) bond motifs is 1. The van der Waals surface area contributed by atoms with E-state index >= 15 is 0 Å². The van der Waals surface area contributed by atoms with Gasteiger partial charge >= 0.3 is 0 Å². The van der Waals surface area contributed by atoms with Gasteiger partial charge in [-0.3, -0.25) is 9.79 Å². The molecule has 2 aliphatic rings. The minimum atomic E-state index is -1.06. The molecule has 0 saturated carbocycles. The summed E-state index contributed by atoms with van der Waals surface area (Å²) in [5.74, 6) is -0.404. The summed E-state index contributed by atoms with van der Waals surface area (Å²) in [6, 6.07) is -1.13. The van der Waals surface area contributed by atoms with Gasteiger partial charge in [0.2, 0.25) is 0 Å². The van der Waals surface area contributed by atoms with Gasteiger partial charge in [-0.25, -0.2) is 4.98 Å². The van der Waals surface area contributed by atoms with Gasteiger partial charge in [0.15, 0.2) is 0 Å². The van der Waals surface area contributed by atoms with Gasteiger partial charge in [-0.15, -0.1) is 0 Å². The molecule has 3 rings (SSSR count). The zero-order valence-electron chi connectivity index (χ0n) is 9.89. The van der Waals surface area contributed by atoms with Crippen molar-refractivity contribution in [2.45, 2.75) is 30.2 Å². The van der Waals surface area contributed by atoms with Crippen LogP contribution in [0.1, 0.15) is 11.6 Å². The highest BCUT2D eigenvalue weighted by Crippen LogP contribution is 2.33. The van der Waals surface area contributed by atoms with Crippen LogP contribution in [0, 0.1) is 0 Å². The van der Waals surface area contributed by atoms with Gasteiger partial charge in [0.1, 0.15) is 5.69 Å². The Labute approximate surface area is 107 Å². The van der Waals surface area contributed by atoms with Gasteiger partial charge in [0.05, 0.1) is 42.8 Å². The maximum atomic E-state index is 11.6. The van der Waals surface area contributed by atoms with E-state index in [-0.39, 0.29) is 17.9 Å². The lowest BCUT2D eigenvalue weighted by Gasteiger charge is -2.20. The number of hydrogen-bond donors (Lipinski definition) is 5. The second-order valence-corrected chi connectivity index (χ2v) is 4.73. The van der Waals surface area contributed by atoms with E-state index in [9.17, 15) is 15.0 Å². The Morgan fingerprint density at radius 3 is 2.79 bits per heavy atom. The van der Waals surface area contributed by atoms with Crippen molar-refractivity contribution in [3.63, 3.8) is 0 Å². The van der Waals surface area contributed by atoms with Crippen molar-refractivity contribution >= 4 is 11.9 Å². The van der Waals surface area contributed by atoms with Crippen LogP contribution in [0.5, 0.6) is 0 Å². The zero-order valence-corrected chi connectivity index (χ0v) is 9.89. The fourth-order valence-electron chi connectivity index (χ4n) is 2.63. The molecule has 0 bridgehead atoms. The monoisotopic (exact) mass is 266 g/mol. The van der Waals surface area contributed by atoms with Crippen molar-refractivity contribution in [3.05, 3.63) is 22.4 Å². The number of nitrogens with zero attached hydrogens (tertiary/aromatic N) is 2. The molecule has 2 aliphatic heterocycles. The van der Waals surface area contributed by atoms with Gasteiger partial charge in [0.25, 0.3) is 5.56 Å². The third-order valence-corrected chi connectivity index (χ3v) is 3.66. The predicted molar refractivity (Wildman–Crippen MR) is 65.6 cm³/mol. The van der Waals surface area contributed by atoms with Crippen molar-refractivity contribution in [1.82, 2.24) is 15.3 Å². The maximum absolute atomic E-state index is 11.6. The highest BCUT2D eigenvalue weighted by molar-refractivity contribution is 5.80. The lowest BCUT2D eigenvalue weighted by Crippen LogP contribution is -2.40. The molecule has 1 aromatic heterocycles. The smallest absolute Gasteiger partial charge is 0.276 e. The fourth-order valence-corrected chi connectivity index (χ4v) is 2.63. The number of hydrogen-bond acceptors (Lipinski definition) is 7. The van der Waals surface area contributed by atoms with Crippen LogP contribution in [0.25, 0.3) is 0 Å². The third kappa shape index (κ3) is 1.80. The lowest BCUT2D eigenvalue weighted by molar-refractivity contribution is 0.0189. The number of rotatable bonds is 2. The van der Waals surface area contributed by atoms with Crippen LogP contribution < -0.4 is 10.9 Å². The number of aromatic nitrogens is 2. The Morgan fingerprint density at radius 1 is 1.32 bits per heavy atom. The molecule has 0 radical (unpaired) electrons. The Morgan fingerprint density at radius 2 is 2.11 bits per heavy atom. The molecule has 1 unspecified atom stereocenters. The van der Waals surface area contributed by atoms with E-state index in [2.05, 4.69) is 20.3 Å². The summed E-state index contributed by atoms with van der Waals surface area (Å²) in [6.45, 7) is -0.283. The topological polar surface area (TPSA) is 131 Å². The largest absolute Gasteiger partial charge is 0.395 e. The van der Waals surface area contributed by atoms with Crippen LogP contribution in [0.15, 0.2) is 16.1 Å². The molecule has 8 heteroatoms. The molecule has 0 aliphatic carbocycles. The molecule has 0 aromatic carbocycles. The van der Waals surface area contributed by atoms with Crippen molar-refractivity contribution in [2.75, 3.05) is 6.61 Å². The molecule has 0 spiro atoms. The minimum Gasteiger partial charge on any atom is -0.395 e. The van der Waals surface area contributed by atoms with E-state index in [0.29, 0.717) is 5.69 Å². The van der Waals surface area contributed by atoms with E-state index in [0.717, 1.165) is 0 Å². The number of aliphatic hydroxyl groups is 3. The van der Waals surface area contributed by atoms with Crippen molar-refractivity contribution in [2.24, 2.45) is 4.99 Å². The predicted octanol–water partition coefficient (Wildman–Crippen LogP) is -2.38. The number of H-pyrrole nitrogens is 1. The van der Waals surface area contributed by atoms with Gasteiger partial charge < -0.3 is 25.6 Å². The number of aromatic amines is 1. The van der Waals surface area contributed by atoms with Crippen LogP contribution in [-0.2, 0) is 0 Å². The SMILES string of the molecule is O=c1[nH]cnc2c1N=CC2[C@@H]1N[C@@H](CO)[C@H](O)[C@@H]1O. The summed E-state index contributed by atoms with van der Waals surface area (Å²) in [7, 11) is 0. The van der Waals surface area contributed by atoms with Gasteiger partial charge in [-0.1, -0.05) is 0 Å². The van der Waals surface area contributed by atoms with Gasteiger partial charge in [-0.05, 0) is 0 Å². The van der Waals surface area contributed by atoms with E-state index in [1.807, 2.05) is 0 Å². The Kier molecular flexibility index (Phi) is 2.94. The first-order chi connectivity index (χ1) is 9.13. The molecule has 102 valence electrons. The minimum absolute atomic E-state index is 0.225. The molecule has 1 saturated heterocycles. The highest BCUT2D eigenvalue weighted by atomic mass is 16.3. The standard InChI is InChI=1S/C11H14N4O4/c16-2-5-9(17)10(18)7(15-5)4-1-12-8-6(4)13-3-14-11(8)19/h1,3-5,7,9-10,15-18H,2H2,(H,13,14,19)/t4?,5-,7-,9-,10+/m0/s1. The van der Waals surface area contributed by atoms with Crippen molar-refractivity contribution in [3.8, 4) is 0 Å². The van der Waals surface area contributed by atoms with Crippen molar-refractivity contribution < 1.29 is 15.3 Å². The molecule has 5 N–H and O–H groups in total. The first kappa shape index (κ1) is 12.4. The molecule has 3 heterocycles. The normalized spacial score (nSPS) is 36.7.